The highest BCUT2D eigenvalue weighted by atomic mass is 16.5. The molecule has 0 amide bonds. The third-order valence-electron chi connectivity index (χ3n) is 2.56. The van der Waals surface area contributed by atoms with Crippen LogP contribution in [0.25, 0.3) is 0 Å². The predicted molar refractivity (Wildman–Crippen MR) is 49.0 cm³/mol. The third-order valence-corrected chi connectivity index (χ3v) is 2.56. The number of rotatable bonds is 0. The van der Waals surface area contributed by atoms with Crippen molar-refractivity contribution in [1.29, 1.82) is 0 Å². The first-order valence-corrected chi connectivity index (χ1v) is 4.44. The Balaban J connectivity index is 2.02. The fourth-order valence-electron chi connectivity index (χ4n) is 1.88. The molecule has 2 atom stereocenters. The maximum absolute atomic E-state index is 5.64. The van der Waals surface area contributed by atoms with Crippen LogP contribution in [-0.2, 0) is 4.74 Å². The minimum Gasteiger partial charge on any atom is -0.372 e. The van der Waals surface area contributed by atoms with Crippen LogP contribution in [0.1, 0.15) is 12.8 Å². The zero-order valence-electron chi connectivity index (χ0n) is 7.31. The molecular formula is C10H15NO. The molecule has 2 nitrogen and oxygen atoms in total. The van der Waals surface area contributed by atoms with Crippen LogP contribution in [0.4, 0.5) is 0 Å². The Morgan fingerprint density at radius 2 is 2.08 bits per heavy atom. The predicted octanol–water partition coefficient (Wildman–Crippen LogP) is 1.25. The smallest absolute Gasteiger partial charge is 0.0773 e. The molecule has 2 unspecified atom stereocenters. The summed E-state index contributed by atoms with van der Waals surface area (Å²) in [5, 5.41) is 3.42. The molecule has 0 aliphatic carbocycles. The molecule has 2 aliphatic heterocycles. The van der Waals surface area contributed by atoms with Gasteiger partial charge in [0, 0.05) is 12.6 Å². The molecule has 2 heterocycles. The zero-order valence-corrected chi connectivity index (χ0v) is 7.31. The van der Waals surface area contributed by atoms with E-state index in [-0.39, 0.29) is 0 Å². The average Bonchev–Trinajstić information content (AvgIpc) is 2.05. The standard InChI is InChI=1S/C10H15NO/c1-7-4-10-9(11-5-7)3-8(2)6-12-10/h9-11H,1-6H2. The van der Waals surface area contributed by atoms with E-state index in [1.807, 2.05) is 0 Å². The van der Waals surface area contributed by atoms with E-state index in [0.29, 0.717) is 12.1 Å². The van der Waals surface area contributed by atoms with Gasteiger partial charge in [-0.05, 0) is 12.8 Å². The first-order valence-electron chi connectivity index (χ1n) is 4.44. The van der Waals surface area contributed by atoms with Gasteiger partial charge >= 0.3 is 0 Å². The Hall–Kier alpha value is -0.600. The van der Waals surface area contributed by atoms with E-state index in [1.54, 1.807) is 0 Å². The normalized spacial score (nSPS) is 36.3. The Morgan fingerprint density at radius 1 is 1.25 bits per heavy atom. The van der Waals surface area contributed by atoms with Crippen LogP contribution in [0, 0.1) is 0 Å². The quantitative estimate of drug-likeness (QED) is 0.545. The Bertz CT molecular complexity index is 198. The van der Waals surface area contributed by atoms with Crippen LogP contribution >= 0.6 is 0 Å². The van der Waals surface area contributed by atoms with E-state index < -0.39 is 0 Å². The van der Waals surface area contributed by atoms with Gasteiger partial charge in [-0.2, -0.15) is 0 Å². The summed E-state index contributed by atoms with van der Waals surface area (Å²) in [4.78, 5) is 0. The van der Waals surface area contributed by atoms with Crippen LogP contribution in [0.3, 0.4) is 0 Å². The van der Waals surface area contributed by atoms with E-state index in [2.05, 4.69) is 18.5 Å². The van der Waals surface area contributed by atoms with Gasteiger partial charge < -0.3 is 10.1 Å². The van der Waals surface area contributed by atoms with Crippen LogP contribution < -0.4 is 5.32 Å². The molecule has 0 saturated carbocycles. The summed E-state index contributed by atoms with van der Waals surface area (Å²) in [5.74, 6) is 0. The van der Waals surface area contributed by atoms with Crippen LogP contribution in [0.15, 0.2) is 24.3 Å². The van der Waals surface area contributed by atoms with E-state index in [9.17, 15) is 0 Å². The molecule has 0 spiro atoms. The molecule has 1 N–H and O–H groups in total. The van der Waals surface area contributed by atoms with Crippen molar-refractivity contribution < 1.29 is 4.74 Å². The molecule has 0 radical (unpaired) electrons. The number of ether oxygens (including phenoxy) is 1. The van der Waals surface area contributed by atoms with Crippen molar-refractivity contribution in [3.05, 3.63) is 24.3 Å². The molecule has 0 aromatic carbocycles. The van der Waals surface area contributed by atoms with Gasteiger partial charge in [0.15, 0.2) is 0 Å². The van der Waals surface area contributed by atoms with E-state index in [0.717, 1.165) is 26.0 Å². The highest BCUT2D eigenvalue weighted by molar-refractivity contribution is 5.12. The lowest BCUT2D eigenvalue weighted by Gasteiger charge is -2.37. The molecule has 12 heavy (non-hydrogen) atoms. The molecule has 0 aromatic heterocycles. The second-order valence-corrected chi connectivity index (χ2v) is 3.75. The number of hydrogen-bond acceptors (Lipinski definition) is 2. The third kappa shape index (κ3) is 1.45. The summed E-state index contributed by atoms with van der Waals surface area (Å²) >= 11 is 0. The molecule has 2 rings (SSSR count). The molecule has 0 aromatic rings. The SMILES string of the molecule is C=C1COC2CC(=C)CNC2C1. The highest BCUT2D eigenvalue weighted by Crippen LogP contribution is 2.25. The van der Waals surface area contributed by atoms with Crippen molar-refractivity contribution in [3.63, 3.8) is 0 Å². The van der Waals surface area contributed by atoms with Crippen LogP contribution in [-0.4, -0.2) is 25.3 Å². The molecular weight excluding hydrogens is 150 g/mol. The Morgan fingerprint density at radius 3 is 2.92 bits per heavy atom. The van der Waals surface area contributed by atoms with Gasteiger partial charge in [-0.1, -0.05) is 24.3 Å². The Kier molecular flexibility index (Phi) is 2.03. The van der Waals surface area contributed by atoms with Gasteiger partial charge in [0.2, 0.25) is 0 Å². The van der Waals surface area contributed by atoms with E-state index in [1.165, 1.54) is 11.1 Å². The number of fused-ring (bicyclic) bond motifs is 1. The summed E-state index contributed by atoms with van der Waals surface area (Å²) in [6.45, 7) is 9.57. The molecule has 2 saturated heterocycles. The summed E-state index contributed by atoms with van der Waals surface area (Å²) in [6, 6.07) is 0.483. The van der Waals surface area contributed by atoms with Crippen molar-refractivity contribution in [1.82, 2.24) is 5.32 Å². The van der Waals surface area contributed by atoms with Crippen molar-refractivity contribution >= 4 is 0 Å². The largest absolute Gasteiger partial charge is 0.372 e. The minimum atomic E-state index is 0.344. The maximum Gasteiger partial charge on any atom is 0.0773 e. The number of nitrogens with one attached hydrogen (secondary N) is 1. The lowest BCUT2D eigenvalue weighted by Crippen LogP contribution is -2.49. The summed E-state index contributed by atoms with van der Waals surface area (Å²) in [6.07, 6.45) is 2.43. The van der Waals surface area contributed by atoms with Crippen molar-refractivity contribution in [2.75, 3.05) is 13.2 Å². The molecule has 2 aliphatic rings. The van der Waals surface area contributed by atoms with E-state index in [4.69, 9.17) is 4.74 Å². The average molecular weight is 165 g/mol. The van der Waals surface area contributed by atoms with Gasteiger partial charge in [-0.15, -0.1) is 0 Å². The fourth-order valence-corrected chi connectivity index (χ4v) is 1.88. The summed E-state index contributed by atoms with van der Waals surface area (Å²) in [5.41, 5.74) is 2.46. The topological polar surface area (TPSA) is 21.3 Å². The Labute approximate surface area is 73.3 Å². The molecule has 2 fully saturated rings. The second-order valence-electron chi connectivity index (χ2n) is 3.75. The summed E-state index contributed by atoms with van der Waals surface area (Å²) < 4.78 is 5.64. The van der Waals surface area contributed by atoms with Crippen LogP contribution in [0.5, 0.6) is 0 Å². The zero-order chi connectivity index (χ0) is 8.55. The van der Waals surface area contributed by atoms with Gasteiger partial charge in [0.25, 0.3) is 0 Å². The van der Waals surface area contributed by atoms with Crippen molar-refractivity contribution in [3.8, 4) is 0 Å². The summed E-state index contributed by atoms with van der Waals surface area (Å²) in [7, 11) is 0. The van der Waals surface area contributed by atoms with Gasteiger partial charge in [-0.25, -0.2) is 0 Å². The maximum atomic E-state index is 5.64. The van der Waals surface area contributed by atoms with Crippen molar-refractivity contribution in [2.45, 2.75) is 25.0 Å². The lowest BCUT2D eigenvalue weighted by atomic mass is 9.91. The van der Waals surface area contributed by atoms with Gasteiger partial charge in [0.05, 0.1) is 12.7 Å². The number of piperidine rings is 1. The molecule has 66 valence electrons. The monoisotopic (exact) mass is 165 g/mol. The molecule has 0 bridgehead atoms. The second kappa shape index (κ2) is 3.04. The lowest BCUT2D eigenvalue weighted by molar-refractivity contribution is 0.0102. The minimum absolute atomic E-state index is 0.344. The van der Waals surface area contributed by atoms with Crippen molar-refractivity contribution in [2.24, 2.45) is 0 Å². The highest BCUT2D eigenvalue weighted by Gasteiger charge is 2.30. The number of hydrogen-bond donors (Lipinski definition) is 1. The van der Waals surface area contributed by atoms with Gasteiger partial charge in [-0.3, -0.25) is 0 Å². The first kappa shape index (κ1) is 8.02. The molecule has 2 heteroatoms. The first-order chi connectivity index (χ1) is 5.75. The van der Waals surface area contributed by atoms with Crippen LogP contribution in [0.2, 0.25) is 0 Å². The van der Waals surface area contributed by atoms with Gasteiger partial charge in [0.1, 0.15) is 0 Å². The fraction of sp³-hybridized carbons (Fsp3) is 0.600. The van der Waals surface area contributed by atoms with E-state index >= 15 is 0 Å².